The minimum Gasteiger partial charge on any atom is -0.469 e. The van der Waals surface area contributed by atoms with Crippen LogP contribution in [0.1, 0.15) is 52.1 Å². The molecule has 4 nitrogen and oxygen atoms in total. The highest BCUT2D eigenvalue weighted by atomic mass is 16.5. The van der Waals surface area contributed by atoms with Gasteiger partial charge < -0.3 is 9.30 Å². The lowest BCUT2D eigenvalue weighted by molar-refractivity contribution is -0.140. The Morgan fingerprint density at radius 2 is 1.96 bits per heavy atom. The van der Waals surface area contributed by atoms with Crippen LogP contribution in [0.3, 0.4) is 0 Å². The van der Waals surface area contributed by atoms with Crippen molar-refractivity contribution in [3.63, 3.8) is 0 Å². The number of methoxy groups -OCH3 is 1. The monoisotopic (exact) mass is 325 g/mol. The molecule has 0 bridgehead atoms. The fraction of sp³-hybridized carbons (Fsp3) is 0.400. The summed E-state index contributed by atoms with van der Waals surface area (Å²) in [6.45, 7) is 0.704. The number of carbonyl (C=O) groups is 2. The first kappa shape index (κ1) is 16.5. The maximum Gasteiger partial charge on any atom is 0.305 e. The van der Waals surface area contributed by atoms with Gasteiger partial charge in [0.05, 0.1) is 12.8 Å². The van der Waals surface area contributed by atoms with Gasteiger partial charge in [0, 0.05) is 18.7 Å². The summed E-state index contributed by atoms with van der Waals surface area (Å²) in [5.41, 5.74) is 5.51. The van der Waals surface area contributed by atoms with Crippen molar-refractivity contribution in [2.45, 2.75) is 45.1 Å². The first-order valence-corrected chi connectivity index (χ1v) is 8.53. The molecule has 0 fully saturated rings. The van der Waals surface area contributed by atoms with Gasteiger partial charge in [-0.2, -0.15) is 0 Å². The molecule has 0 amide bonds. The van der Waals surface area contributed by atoms with Gasteiger partial charge in [0.1, 0.15) is 0 Å². The molecule has 1 aromatic carbocycles. The molecule has 0 aliphatic heterocycles. The Bertz CT molecular complexity index is 731. The second kappa shape index (κ2) is 7.47. The number of aldehydes is 1. The summed E-state index contributed by atoms with van der Waals surface area (Å²) in [5.74, 6) is -0.229. The van der Waals surface area contributed by atoms with Crippen molar-refractivity contribution in [3.8, 4) is 0 Å². The van der Waals surface area contributed by atoms with Crippen molar-refractivity contribution in [1.29, 1.82) is 0 Å². The largest absolute Gasteiger partial charge is 0.469 e. The van der Waals surface area contributed by atoms with Gasteiger partial charge in [0.15, 0.2) is 6.29 Å². The number of hydrogen-bond donors (Lipinski definition) is 0. The number of esters is 1. The number of carbonyl (C=O) groups excluding carboxylic acids is 2. The Kier molecular flexibility index (Phi) is 5.14. The van der Waals surface area contributed by atoms with E-state index in [1.165, 1.54) is 23.9 Å². The van der Waals surface area contributed by atoms with Gasteiger partial charge in [-0.1, -0.05) is 30.3 Å². The van der Waals surface area contributed by atoms with Gasteiger partial charge in [-0.05, 0) is 48.8 Å². The van der Waals surface area contributed by atoms with Crippen LogP contribution in [0.2, 0.25) is 0 Å². The van der Waals surface area contributed by atoms with E-state index in [1.54, 1.807) is 0 Å². The summed E-state index contributed by atoms with van der Waals surface area (Å²) >= 11 is 0. The normalized spacial score (nSPS) is 13.4. The van der Waals surface area contributed by atoms with E-state index in [0.29, 0.717) is 19.4 Å². The van der Waals surface area contributed by atoms with E-state index in [2.05, 4.69) is 16.7 Å². The molecule has 3 rings (SSSR count). The molecule has 4 heteroatoms. The number of fused-ring (bicyclic) bond motifs is 1. The Hall–Kier alpha value is -2.36. The van der Waals surface area contributed by atoms with E-state index >= 15 is 0 Å². The quantitative estimate of drug-likeness (QED) is 0.604. The molecule has 24 heavy (non-hydrogen) atoms. The molecule has 1 aliphatic rings. The minimum absolute atomic E-state index is 0.229. The van der Waals surface area contributed by atoms with Crippen LogP contribution in [-0.2, 0) is 35.3 Å². The van der Waals surface area contributed by atoms with Gasteiger partial charge in [-0.15, -0.1) is 0 Å². The van der Waals surface area contributed by atoms with Crippen molar-refractivity contribution in [2.75, 3.05) is 7.11 Å². The molecule has 0 N–H and O–H groups in total. The molecule has 0 saturated carbocycles. The van der Waals surface area contributed by atoms with E-state index in [4.69, 9.17) is 4.74 Å². The van der Waals surface area contributed by atoms with Gasteiger partial charge in [-0.3, -0.25) is 9.59 Å². The van der Waals surface area contributed by atoms with Crippen molar-refractivity contribution in [2.24, 2.45) is 0 Å². The highest BCUT2D eigenvalue weighted by molar-refractivity contribution is 5.78. The third kappa shape index (κ3) is 3.28. The van der Waals surface area contributed by atoms with E-state index in [0.717, 1.165) is 43.2 Å². The van der Waals surface area contributed by atoms with Gasteiger partial charge in [-0.25, -0.2) is 0 Å². The second-order valence-corrected chi connectivity index (χ2v) is 6.26. The predicted octanol–water partition coefficient (Wildman–Crippen LogP) is 3.33. The SMILES string of the molecule is COC(=O)CCc1c2c(n(Cc3ccccc3)c1C=O)CCCC2. The van der Waals surface area contributed by atoms with E-state index < -0.39 is 0 Å². The summed E-state index contributed by atoms with van der Waals surface area (Å²) < 4.78 is 6.91. The van der Waals surface area contributed by atoms with Crippen molar-refractivity contribution < 1.29 is 14.3 Å². The highest BCUT2D eigenvalue weighted by Gasteiger charge is 2.24. The fourth-order valence-electron chi connectivity index (χ4n) is 3.66. The zero-order valence-electron chi connectivity index (χ0n) is 14.1. The van der Waals surface area contributed by atoms with Crippen LogP contribution in [0, 0.1) is 0 Å². The molecule has 1 aromatic heterocycles. The van der Waals surface area contributed by atoms with Crippen LogP contribution in [0.4, 0.5) is 0 Å². The average Bonchev–Trinajstić information content (AvgIpc) is 2.93. The average molecular weight is 325 g/mol. The van der Waals surface area contributed by atoms with Gasteiger partial charge >= 0.3 is 5.97 Å². The smallest absolute Gasteiger partial charge is 0.305 e. The van der Waals surface area contributed by atoms with Crippen LogP contribution >= 0.6 is 0 Å². The van der Waals surface area contributed by atoms with Gasteiger partial charge in [0.2, 0.25) is 0 Å². The van der Waals surface area contributed by atoms with Crippen LogP contribution in [0.25, 0.3) is 0 Å². The summed E-state index contributed by atoms with van der Waals surface area (Å²) in [5, 5.41) is 0. The Labute approximate surface area is 142 Å². The molecule has 1 heterocycles. The van der Waals surface area contributed by atoms with Crippen LogP contribution < -0.4 is 0 Å². The Morgan fingerprint density at radius 3 is 2.67 bits per heavy atom. The van der Waals surface area contributed by atoms with Crippen LogP contribution in [-0.4, -0.2) is 23.9 Å². The van der Waals surface area contributed by atoms with E-state index in [1.807, 2.05) is 18.2 Å². The van der Waals surface area contributed by atoms with Crippen molar-refractivity contribution in [3.05, 3.63) is 58.4 Å². The van der Waals surface area contributed by atoms with E-state index in [-0.39, 0.29) is 5.97 Å². The Morgan fingerprint density at radius 1 is 1.21 bits per heavy atom. The Balaban J connectivity index is 1.99. The lowest BCUT2D eigenvalue weighted by Gasteiger charge is -2.16. The number of nitrogens with zero attached hydrogens (tertiary/aromatic N) is 1. The zero-order chi connectivity index (χ0) is 16.9. The molecule has 0 atom stereocenters. The first-order valence-electron chi connectivity index (χ1n) is 8.53. The molecular formula is C20H23NO3. The lowest BCUT2D eigenvalue weighted by Crippen LogP contribution is -2.11. The predicted molar refractivity (Wildman–Crippen MR) is 92.3 cm³/mol. The number of ether oxygens (including phenoxy) is 1. The lowest BCUT2D eigenvalue weighted by atomic mass is 9.92. The van der Waals surface area contributed by atoms with Crippen molar-refractivity contribution >= 4 is 12.3 Å². The molecule has 126 valence electrons. The third-order valence-electron chi connectivity index (χ3n) is 4.83. The number of rotatable bonds is 6. The fourth-order valence-corrected chi connectivity index (χ4v) is 3.66. The molecule has 2 aromatic rings. The topological polar surface area (TPSA) is 48.3 Å². The maximum atomic E-state index is 11.8. The molecule has 1 aliphatic carbocycles. The highest BCUT2D eigenvalue weighted by Crippen LogP contribution is 2.31. The second-order valence-electron chi connectivity index (χ2n) is 6.26. The zero-order valence-corrected chi connectivity index (χ0v) is 14.1. The number of benzene rings is 1. The summed E-state index contributed by atoms with van der Waals surface area (Å²) in [6.07, 6.45) is 6.14. The summed E-state index contributed by atoms with van der Waals surface area (Å²) in [7, 11) is 1.40. The third-order valence-corrected chi connectivity index (χ3v) is 4.83. The van der Waals surface area contributed by atoms with E-state index in [9.17, 15) is 9.59 Å². The summed E-state index contributed by atoms with van der Waals surface area (Å²) in [6, 6.07) is 10.2. The number of aromatic nitrogens is 1. The molecule has 0 saturated heterocycles. The van der Waals surface area contributed by atoms with Crippen molar-refractivity contribution in [1.82, 2.24) is 4.57 Å². The maximum absolute atomic E-state index is 11.8. The molecular weight excluding hydrogens is 302 g/mol. The first-order chi connectivity index (χ1) is 11.7. The molecule has 0 radical (unpaired) electrons. The van der Waals surface area contributed by atoms with Crippen LogP contribution in [0.15, 0.2) is 30.3 Å². The van der Waals surface area contributed by atoms with Crippen LogP contribution in [0.5, 0.6) is 0 Å². The minimum atomic E-state index is -0.229. The molecule has 0 spiro atoms. The van der Waals surface area contributed by atoms with Gasteiger partial charge in [0.25, 0.3) is 0 Å². The summed E-state index contributed by atoms with van der Waals surface area (Å²) in [4.78, 5) is 23.4. The standard InChI is InChI=1S/C20H23NO3/c1-24-20(23)12-11-17-16-9-5-6-10-18(16)21(19(17)14-22)13-15-7-3-2-4-8-15/h2-4,7-8,14H,5-6,9-13H2,1H3. The number of hydrogen-bond acceptors (Lipinski definition) is 3. The molecule has 0 unspecified atom stereocenters.